The first kappa shape index (κ1) is 29.0. The summed E-state index contributed by atoms with van der Waals surface area (Å²) in [5.74, 6) is 0. The summed E-state index contributed by atoms with van der Waals surface area (Å²) in [7, 11) is -3.70. The van der Waals surface area contributed by atoms with Crippen molar-refractivity contribution in [1.29, 1.82) is 0 Å². The predicted octanol–water partition coefficient (Wildman–Crippen LogP) is 6.54. The van der Waals surface area contributed by atoms with Crippen LogP contribution in [0.25, 0.3) is 0 Å². The molecule has 0 amide bonds. The van der Waals surface area contributed by atoms with Crippen molar-refractivity contribution in [2.45, 2.75) is 102 Å². The van der Waals surface area contributed by atoms with Crippen molar-refractivity contribution in [3.63, 3.8) is 0 Å². The van der Waals surface area contributed by atoms with Crippen molar-refractivity contribution >= 4 is 10.1 Å². The maximum absolute atomic E-state index is 10.7. The van der Waals surface area contributed by atoms with Gasteiger partial charge in [-0.25, -0.2) is 0 Å². The van der Waals surface area contributed by atoms with Gasteiger partial charge in [-0.2, -0.15) is 21.6 Å². The number of nitrogens with zero attached hydrogens (tertiary/aromatic N) is 2. The molecule has 1 heterocycles. The van der Waals surface area contributed by atoms with Gasteiger partial charge in [0.25, 0.3) is 0 Å². The number of hydrogen-bond acceptors (Lipinski definition) is 4. The Kier molecular flexibility index (Phi) is 16.2. The van der Waals surface area contributed by atoms with Gasteiger partial charge in [-0.15, -0.1) is 0 Å². The van der Waals surface area contributed by atoms with E-state index in [1.165, 1.54) is 96.4 Å². The Balaban J connectivity index is 0.000000890. The molecule has 9 heteroatoms. The van der Waals surface area contributed by atoms with Crippen LogP contribution >= 0.6 is 0 Å². The van der Waals surface area contributed by atoms with E-state index >= 15 is 0 Å². The lowest BCUT2D eigenvalue weighted by atomic mass is 10.0. The summed E-state index contributed by atoms with van der Waals surface area (Å²) in [6.45, 7) is 4.61. The van der Waals surface area contributed by atoms with E-state index in [1.807, 2.05) is 0 Å². The summed E-state index contributed by atoms with van der Waals surface area (Å²) in [6.07, 6.45) is 24.6. The summed E-state index contributed by atoms with van der Waals surface area (Å²) in [5, 5.41) is 0. The van der Waals surface area contributed by atoms with E-state index in [9.17, 15) is 13.2 Å². The first-order chi connectivity index (χ1) is 14.1. The van der Waals surface area contributed by atoms with Crippen LogP contribution in [0.4, 0.5) is 13.2 Å². The highest BCUT2D eigenvalue weighted by atomic mass is 32.2. The van der Waals surface area contributed by atoms with Crippen LogP contribution in [-0.2, 0) is 10.1 Å². The molecule has 0 saturated heterocycles. The van der Waals surface area contributed by atoms with Gasteiger partial charge in [-0.3, -0.25) is 4.55 Å². The lowest BCUT2D eigenvalue weighted by Gasteiger charge is -2.17. The molecule has 30 heavy (non-hydrogen) atoms. The second kappa shape index (κ2) is 16.7. The standard InChI is InChI=1S/C20H40N2.CHF3O3S/c1-3-4-5-6-7-8-9-10-11-12-13-14-15-16-17-22-19-18-21(2)20-22;2-1(3,4)8(5,6)7/h18-19H,3-17,20H2,1-2H3;(H,5,6,7). The highest BCUT2D eigenvalue weighted by Gasteiger charge is 2.44. The minimum atomic E-state index is -5.84. The predicted molar refractivity (Wildman–Crippen MR) is 116 cm³/mol. The molecule has 180 valence electrons. The molecule has 0 bridgehead atoms. The van der Waals surface area contributed by atoms with Crippen molar-refractivity contribution < 1.29 is 26.1 Å². The quantitative estimate of drug-likeness (QED) is 0.172. The second-order valence-corrected chi connectivity index (χ2v) is 9.44. The number of hydrogen-bond donors (Lipinski definition) is 1. The summed E-state index contributed by atoms with van der Waals surface area (Å²) >= 11 is 0. The molecule has 0 aromatic rings. The molecule has 0 atom stereocenters. The van der Waals surface area contributed by atoms with Crippen molar-refractivity contribution in [2.75, 3.05) is 20.3 Å². The molecule has 0 saturated carbocycles. The summed E-state index contributed by atoms with van der Waals surface area (Å²) in [6, 6.07) is 0. The normalized spacial score (nSPS) is 14.2. The summed E-state index contributed by atoms with van der Waals surface area (Å²) < 4.78 is 57.5. The molecule has 5 nitrogen and oxygen atoms in total. The molecule has 0 radical (unpaired) electrons. The highest BCUT2D eigenvalue weighted by Crippen LogP contribution is 2.20. The molecule has 0 unspecified atom stereocenters. The first-order valence-electron chi connectivity index (χ1n) is 11.2. The molecule has 1 rings (SSSR count). The molecule has 1 N–H and O–H groups in total. The van der Waals surface area contributed by atoms with E-state index in [2.05, 4.69) is 36.2 Å². The Bertz CT molecular complexity index is 540. The van der Waals surface area contributed by atoms with E-state index in [1.54, 1.807) is 0 Å². The fourth-order valence-electron chi connectivity index (χ4n) is 3.24. The van der Waals surface area contributed by atoms with Gasteiger partial charge in [-0.05, 0) is 6.42 Å². The third-order valence-electron chi connectivity index (χ3n) is 5.03. The zero-order valence-corrected chi connectivity index (χ0v) is 19.5. The van der Waals surface area contributed by atoms with Gasteiger partial charge in [0.15, 0.2) is 0 Å². The van der Waals surface area contributed by atoms with Gasteiger partial charge in [0.1, 0.15) is 0 Å². The van der Waals surface area contributed by atoms with Crippen LogP contribution in [0, 0.1) is 0 Å². The topological polar surface area (TPSA) is 60.9 Å². The third-order valence-corrected chi connectivity index (χ3v) is 5.61. The van der Waals surface area contributed by atoms with Crippen molar-refractivity contribution in [2.24, 2.45) is 0 Å². The van der Waals surface area contributed by atoms with Crippen LogP contribution < -0.4 is 0 Å². The van der Waals surface area contributed by atoms with E-state index in [0.717, 1.165) is 6.67 Å². The maximum atomic E-state index is 10.7. The summed E-state index contributed by atoms with van der Waals surface area (Å²) in [4.78, 5) is 4.66. The molecular formula is C21H41F3N2O3S. The molecule has 1 aliphatic heterocycles. The van der Waals surface area contributed by atoms with Gasteiger partial charge in [0.2, 0.25) is 0 Å². The van der Waals surface area contributed by atoms with Crippen molar-refractivity contribution in [3.8, 4) is 0 Å². The van der Waals surface area contributed by atoms with Gasteiger partial charge >= 0.3 is 15.6 Å². The molecule has 0 aliphatic carbocycles. The van der Waals surface area contributed by atoms with Crippen molar-refractivity contribution in [3.05, 3.63) is 12.4 Å². The van der Waals surface area contributed by atoms with E-state index < -0.39 is 15.6 Å². The van der Waals surface area contributed by atoms with Gasteiger partial charge in [-0.1, -0.05) is 90.4 Å². The van der Waals surface area contributed by atoms with Crippen LogP contribution in [0.1, 0.15) is 96.8 Å². The van der Waals surface area contributed by atoms with Crippen LogP contribution in [0.2, 0.25) is 0 Å². The average Bonchev–Trinajstić information content (AvgIpc) is 3.06. The Hall–Kier alpha value is -0.960. The first-order valence-corrected chi connectivity index (χ1v) is 12.7. The zero-order valence-electron chi connectivity index (χ0n) is 18.7. The van der Waals surface area contributed by atoms with E-state index in [0.29, 0.717) is 0 Å². The molecule has 1 aliphatic rings. The molecule has 0 fully saturated rings. The average molecular weight is 459 g/mol. The molecule has 0 aromatic carbocycles. The fourth-order valence-corrected chi connectivity index (χ4v) is 3.24. The van der Waals surface area contributed by atoms with Crippen LogP contribution in [0.5, 0.6) is 0 Å². The zero-order chi connectivity index (χ0) is 22.9. The number of unbranched alkanes of at least 4 members (excludes halogenated alkanes) is 13. The number of halogens is 3. The maximum Gasteiger partial charge on any atom is 0.522 e. The third kappa shape index (κ3) is 16.8. The summed E-state index contributed by atoms with van der Waals surface area (Å²) in [5.41, 5.74) is -5.53. The molecule has 0 spiro atoms. The molecular weight excluding hydrogens is 417 g/mol. The number of alkyl halides is 3. The lowest BCUT2D eigenvalue weighted by Crippen LogP contribution is -2.23. The monoisotopic (exact) mass is 458 g/mol. The fraction of sp³-hybridized carbons (Fsp3) is 0.905. The van der Waals surface area contributed by atoms with Gasteiger partial charge in [0, 0.05) is 26.0 Å². The Morgan fingerprint density at radius 2 is 1.17 bits per heavy atom. The van der Waals surface area contributed by atoms with Gasteiger partial charge in [0.05, 0.1) is 6.67 Å². The van der Waals surface area contributed by atoms with E-state index in [4.69, 9.17) is 13.0 Å². The van der Waals surface area contributed by atoms with Crippen LogP contribution in [-0.4, -0.2) is 48.5 Å². The Morgan fingerprint density at radius 1 is 0.800 bits per heavy atom. The SMILES string of the molecule is CCCCCCCCCCCCCCCCN1C=CN(C)C1.O=S(=O)(O)C(F)(F)F. The van der Waals surface area contributed by atoms with Gasteiger partial charge < -0.3 is 9.80 Å². The lowest BCUT2D eigenvalue weighted by molar-refractivity contribution is -0.0510. The van der Waals surface area contributed by atoms with Crippen molar-refractivity contribution in [1.82, 2.24) is 9.80 Å². The minimum absolute atomic E-state index is 1.08. The second-order valence-electron chi connectivity index (χ2n) is 8.03. The van der Waals surface area contributed by atoms with Crippen LogP contribution in [0.3, 0.4) is 0 Å². The minimum Gasteiger partial charge on any atom is -0.362 e. The smallest absolute Gasteiger partial charge is 0.362 e. The van der Waals surface area contributed by atoms with E-state index in [-0.39, 0.29) is 0 Å². The highest BCUT2D eigenvalue weighted by molar-refractivity contribution is 7.86. The molecule has 0 aromatic heterocycles. The Labute approximate surface area is 181 Å². The number of rotatable bonds is 15. The Morgan fingerprint density at radius 3 is 1.47 bits per heavy atom. The van der Waals surface area contributed by atoms with Crippen LogP contribution in [0.15, 0.2) is 12.4 Å². The largest absolute Gasteiger partial charge is 0.522 e.